The monoisotopic (exact) mass is 476 g/mol. The first-order chi connectivity index (χ1) is 16.9. The van der Waals surface area contributed by atoms with Crippen molar-refractivity contribution in [2.75, 3.05) is 13.2 Å². The first-order valence-electron chi connectivity index (χ1n) is 12.6. The van der Waals surface area contributed by atoms with E-state index >= 15 is 0 Å². The Bertz CT molecular complexity index is 1090. The maximum absolute atomic E-state index is 13.3. The maximum Gasteiger partial charge on any atom is 0.338 e. The molecule has 1 aromatic carbocycles. The van der Waals surface area contributed by atoms with E-state index in [2.05, 4.69) is 19.1 Å². The number of ketones is 2. The molecule has 0 unspecified atom stereocenters. The number of fused-ring (bicyclic) bond motifs is 5. The van der Waals surface area contributed by atoms with Gasteiger partial charge in [0.05, 0.1) is 5.56 Å². The summed E-state index contributed by atoms with van der Waals surface area (Å²) in [6, 6.07) is 8.74. The molecule has 0 heterocycles. The molecule has 2 saturated carbocycles. The van der Waals surface area contributed by atoms with Crippen LogP contribution in [0.3, 0.4) is 0 Å². The van der Waals surface area contributed by atoms with Gasteiger partial charge in [-0.3, -0.25) is 14.4 Å². The van der Waals surface area contributed by atoms with E-state index in [1.165, 1.54) is 0 Å². The Morgan fingerprint density at radius 1 is 1.09 bits per heavy atom. The van der Waals surface area contributed by atoms with Gasteiger partial charge in [0, 0.05) is 17.8 Å². The number of ether oxygens (including phenoxy) is 2. The number of benzene rings is 1. The van der Waals surface area contributed by atoms with Gasteiger partial charge in [0.15, 0.2) is 18.2 Å². The molecule has 4 aliphatic carbocycles. The summed E-state index contributed by atoms with van der Waals surface area (Å²) in [6.45, 7) is 2.82. The number of rotatable bonds is 7. The van der Waals surface area contributed by atoms with Gasteiger partial charge in [0.1, 0.15) is 6.61 Å². The first kappa shape index (κ1) is 23.7. The minimum absolute atomic E-state index is 0.000342. The van der Waals surface area contributed by atoms with Gasteiger partial charge in [-0.05, 0) is 79.1 Å². The normalized spacial score (nSPS) is 35.2. The van der Waals surface area contributed by atoms with Crippen molar-refractivity contribution in [1.82, 2.24) is 0 Å². The van der Waals surface area contributed by atoms with E-state index in [4.69, 9.17) is 9.47 Å². The summed E-state index contributed by atoms with van der Waals surface area (Å²) in [6.07, 6.45) is 10.7. The fraction of sp³-hybridized carbons (Fsp3) is 0.517. The van der Waals surface area contributed by atoms with Crippen molar-refractivity contribution >= 4 is 24.0 Å². The minimum atomic E-state index is -0.471. The number of hydrogen-bond acceptors (Lipinski definition) is 6. The second-order valence-electron chi connectivity index (χ2n) is 10.9. The second kappa shape index (κ2) is 9.21. The van der Waals surface area contributed by atoms with Gasteiger partial charge in [-0.25, -0.2) is 4.79 Å². The lowest BCUT2D eigenvalue weighted by Gasteiger charge is -2.56. The van der Waals surface area contributed by atoms with Crippen molar-refractivity contribution < 1.29 is 28.7 Å². The molecule has 4 aliphatic rings. The number of esters is 1. The SMILES string of the molecule is C[C@]12CC[C@H]3[C@@H](C=CC4=CC(=O)CC[C@@]43COC=O)[C@@H]1CC[C@@H]2C(=O)COC(=O)c1ccccc1. The van der Waals surface area contributed by atoms with Crippen LogP contribution in [0, 0.1) is 34.5 Å². The Hall–Kier alpha value is -3.02. The molecule has 0 N–H and O–H groups in total. The molecule has 184 valence electrons. The van der Waals surface area contributed by atoms with Crippen molar-refractivity contribution in [1.29, 1.82) is 0 Å². The van der Waals surface area contributed by atoms with Crippen molar-refractivity contribution in [3.8, 4) is 0 Å². The molecule has 6 atom stereocenters. The fourth-order valence-electron chi connectivity index (χ4n) is 7.69. The van der Waals surface area contributed by atoms with Crippen LogP contribution in [-0.4, -0.2) is 37.2 Å². The van der Waals surface area contributed by atoms with Crippen LogP contribution in [0.2, 0.25) is 0 Å². The number of carbonyl (C=O) groups is 4. The molecule has 0 saturated heterocycles. The van der Waals surface area contributed by atoms with Crippen molar-refractivity contribution in [3.63, 3.8) is 0 Å². The van der Waals surface area contributed by atoms with Crippen LogP contribution >= 0.6 is 0 Å². The molecule has 0 radical (unpaired) electrons. The summed E-state index contributed by atoms with van der Waals surface area (Å²) in [5.41, 5.74) is 0.934. The molecule has 6 nitrogen and oxygen atoms in total. The van der Waals surface area contributed by atoms with Gasteiger partial charge in [0.25, 0.3) is 6.47 Å². The maximum atomic E-state index is 13.3. The molecule has 1 aromatic rings. The Morgan fingerprint density at radius 2 is 1.89 bits per heavy atom. The van der Waals surface area contributed by atoms with E-state index in [1.807, 2.05) is 6.07 Å². The highest BCUT2D eigenvalue weighted by Gasteiger charge is 2.60. The molecular weight excluding hydrogens is 444 g/mol. The topological polar surface area (TPSA) is 86.7 Å². The molecule has 0 bridgehead atoms. The molecule has 0 aliphatic heterocycles. The minimum Gasteiger partial charge on any atom is -0.467 e. The van der Waals surface area contributed by atoms with Gasteiger partial charge >= 0.3 is 5.97 Å². The first-order valence-corrected chi connectivity index (χ1v) is 12.6. The lowest BCUT2D eigenvalue weighted by Crippen LogP contribution is -2.52. The molecular formula is C29H32O6. The van der Waals surface area contributed by atoms with Crippen LogP contribution < -0.4 is 0 Å². The molecule has 5 rings (SSSR count). The molecule has 35 heavy (non-hydrogen) atoms. The van der Waals surface area contributed by atoms with Crippen LogP contribution in [0.1, 0.15) is 55.8 Å². The summed E-state index contributed by atoms with van der Waals surface area (Å²) in [5.74, 6) is 0.373. The number of allylic oxidation sites excluding steroid dienone is 3. The molecule has 6 heteroatoms. The Labute approximate surface area is 205 Å². The number of hydrogen-bond donors (Lipinski definition) is 0. The molecule has 0 aromatic heterocycles. The average Bonchev–Trinajstić information content (AvgIpc) is 3.23. The lowest BCUT2D eigenvalue weighted by molar-refractivity contribution is -0.138. The van der Waals surface area contributed by atoms with Crippen LogP contribution in [0.25, 0.3) is 0 Å². The smallest absolute Gasteiger partial charge is 0.338 e. The quantitative estimate of drug-likeness (QED) is 0.426. The van der Waals surface area contributed by atoms with E-state index in [9.17, 15) is 19.2 Å². The van der Waals surface area contributed by atoms with E-state index < -0.39 is 5.97 Å². The largest absolute Gasteiger partial charge is 0.467 e. The average molecular weight is 477 g/mol. The van der Waals surface area contributed by atoms with Gasteiger partial charge in [-0.15, -0.1) is 0 Å². The summed E-state index contributed by atoms with van der Waals surface area (Å²) in [5, 5.41) is 0. The summed E-state index contributed by atoms with van der Waals surface area (Å²) >= 11 is 0. The zero-order valence-corrected chi connectivity index (χ0v) is 20.1. The highest BCUT2D eigenvalue weighted by atomic mass is 16.5. The third kappa shape index (κ3) is 3.97. The second-order valence-corrected chi connectivity index (χ2v) is 10.9. The summed E-state index contributed by atoms with van der Waals surface area (Å²) in [7, 11) is 0. The van der Waals surface area contributed by atoms with Gasteiger partial charge in [0.2, 0.25) is 0 Å². The van der Waals surface area contributed by atoms with Gasteiger partial charge in [-0.2, -0.15) is 0 Å². The van der Waals surface area contributed by atoms with Crippen LogP contribution in [0.4, 0.5) is 0 Å². The third-order valence-electron chi connectivity index (χ3n) is 9.40. The summed E-state index contributed by atoms with van der Waals surface area (Å²) < 4.78 is 10.7. The highest BCUT2D eigenvalue weighted by Crippen LogP contribution is 2.65. The standard InChI is InChI=1S/C29H32O6/c1-28-13-12-24-22(8-7-20-15-21(31)11-14-29(20,24)17-34-18-30)23(28)9-10-25(28)26(32)16-35-27(33)19-5-3-2-4-6-19/h2-8,15,18,22-25H,9-14,16-17H2,1H3/t22-,23-,24-,25+,28-,29+/m0/s1. The number of Topliss-reactive ketones (excluding diaryl/α,β-unsaturated/α-hetero) is 1. The zero-order valence-electron chi connectivity index (χ0n) is 20.1. The Kier molecular flexibility index (Phi) is 6.24. The van der Waals surface area contributed by atoms with E-state index in [-0.39, 0.29) is 46.8 Å². The predicted octanol–water partition coefficient (Wildman–Crippen LogP) is 4.49. The fourth-order valence-corrected chi connectivity index (χ4v) is 7.69. The van der Waals surface area contributed by atoms with Gasteiger partial charge in [-0.1, -0.05) is 37.3 Å². The van der Waals surface area contributed by atoms with E-state index in [0.717, 1.165) is 31.3 Å². The van der Waals surface area contributed by atoms with Crippen molar-refractivity contribution in [3.05, 3.63) is 59.7 Å². The summed E-state index contributed by atoms with van der Waals surface area (Å²) in [4.78, 5) is 48.9. The highest BCUT2D eigenvalue weighted by molar-refractivity contribution is 5.93. The zero-order chi connectivity index (χ0) is 24.6. The van der Waals surface area contributed by atoms with Crippen LogP contribution in [-0.2, 0) is 23.9 Å². The lowest BCUT2D eigenvalue weighted by atomic mass is 9.48. The Balaban J connectivity index is 1.34. The van der Waals surface area contributed by atoms with Crippen LogP contribution in [0.5, 0.6) is 0 Å². The van der Waals surface area contributed by atoms with E-state index in [1.54, 1.807) is 30.3 Å². The Morgan fingerprint density at radius 3 is 2.66 bits per heavy atom. The predicted molar refractivity (Wildman–Crippen MR) is 128 cm³/mol. The van der Waals surface area contributed by atoms with Gasteiger partial charge < -0.3 is 9.47 Å². The van der Waals surface area contributed by atoms with Crippen molar-refractivity contribution in [2.24, 2.45) is 34.5 Å². The molecule has 0 spiro atoms. The molecule has 2 fully saturated rings. The molecule has 0 amide bonds. The van der Waals surface area contributed by atoms with Crippen LogP contribution in [0.15, 0.2) is 54.1 Å². The van der Waals surface area contributed by atoms with Crippen molar-refractivity contribution in [2.45, 2.75) is 45.4 Å². The van der Waals surface area contributed by atoms with E-state index in [0.29, 0.717) is 37.4 Å². The third-order valence-corrected chi connectivity index (χ3v) is 9.40. The number of carbonyl (C=O) groups excluding carboxylic acids is 4.